The molecule has 17 heavy (non-hydrogen) atoms. The van der Waals surface area contributed by atoms with Gasteiger partial charge in [-0.2, -0.15) is 0 Å². The van der Waals surface area contributed by atoms with Crippen LogP contribution in [0, 0.1) is 0 Å². The summed E-state index contributed by atoms with van der Waals surface area (Å²) in [5.74, 6) is 0.531. The SMILES string of the molecule is CCCn1c(=O)[nH]c(=O)c2[nH]c(COC)nc21. The Kier molecular flexibility index (Phi) is 3.10. The van der Waals surface area contributed by atoms with Gasteiger partial charge in [0.05, 0.1) is 0 Å². The predicted molar refractivity (Wildman–Crippen MR) is 62.0 cm³/mol. The molecule has 2 aromatic heterocycles. The third-order valence-corrected chi connectivity index (χ3v) is 2.41. The van der Waals surface area contributed by atoms with Gasteiger partial charge in [0.25, 0.3) is 5.56 Å². The van der Waals surface area contributed by atoms with E-state index in [1.54, 1.807) is 0 Å². The van der Waals surface area contributed by atoms with Gasteiger partial charge in [-0.3, -0.25) is 14.3 Å². The summed E-state index contributed by atoms with van der Waals surface area (Å²) in [4.78, 5) is 32.5. The minimum Gasteiger partial charge on any atom is -0.377 e. The summed E-state index contributed by atoms with van der Waals surface area (Å²) in [6.45, 7) is 2.74. The van der Waals surface area contributed by atoms with Crippen molar-refractivity contribution in [2.24, 2.45) is 0 Å². The molecule has 0 saturated carbocycles. The molecule has 0 aliphatic rings. The maximum atomic E-state index is 11.6. The van der Waals surface area contributed by atoms with Crippen molar-refractivity contribution >= 4 is 11.2 Å². The summed E-state index contributed by atoms with van der Waals surface area (Å²) < 4.78 is 6.38. The summed E-state index contributed by atoms with van der Waals surface area (Å²) >= 11 is 0. The van der Waals surface area contributed by atoms with Gasteiger partial charge >= 0.3 is 5.69 Å². The molecular weight excluding hydrogens is 224 g/mol. The summed E-state index contributed by atoms with van der Waals surface area (Å²) in [6.07, 6.45) is 0.785. The molecule has 2 N–H and O–H groups in total. The Morgan fingerprint density at radius 1 is 1.35 bits per heavy atom. The van der Waals surface area contributed by atoms with Crippen LogP contribution in [0.5, 0.6) is 0 Å². The summed E-state index contributed by atoms with van der Waals surface area (Å²) in [6, 6.07) is 0. The summed E-state index contributed by atoms with van der Waals surface area (Å²) in [7, 11) is 1.54. The van der Waals surface area contributed by atoms with Crippen molar-refractivity contribution in [2.45, 2.75) is 26.5 Å². The first-order chi connectivity index (χ1) is 8.17. The monoisotopic (exact) mass is 238 g/mol. The number of hydrogen-bond donors (Lipinski definition) is 2. The van der Waals surface area contributed by atoms with Gasteiger partial charge in [0.1, 0.15) is 17.9 Å². The number of ether oxygens (including phenoxy) is 1. The van der Waals surface area contributed by atoms with E-state index in [4.69, 9.17) is 4.74 Å². The van der Waals surface area contributed by atoms with Crippen LogP contribution in [0.1, 0.15) is 19.2 Å². The van der Waals surface area contributed by atoms with Gasteiger partial charge in [0.2, 0.25) is 0 Å². The summed E-state index contributed by atoms with van der Waals surface area (Å²) in [5.41, 5.74) is -0.190. The first-order valence-corrected chi connectivity index (χ1v) is 5.38. The molecule has 0 amide bonds. The lowest BCUT2D eigenvalue weighted by Gasteiger charge is -2.02. The zero-order chi connectivity index (χ0) is 12.4. The first kappa shape index (κ1) is 11.6. The molecule has 2 rings (SSSR count). The average Bonchev–Trinajstić information content (AvgIpc) is 2.69. The second kappa shape index (κ2) is 4.54. The molecule has 0 bridgehead atoms. The van der Waals surface area contributed by atoms with Crippen molar-refractivity contribution < 1.29 is 4.74 Å². The van der Waals surface area contributed by atoms with Crippen molar-refractivity contribution in [3.63, 3.8) is 0 Å². The number of imidazole rings is 1. The fourth-order valence-electron chi connectivity index (χ4n) is 1.72. The molecule has 92 valence electrons. The number of aromatic amines is 2. The van der Waals surface area contributed by atoms with Gasteiger partial charge in [0, 0.05) is 13.7 Å². The van der Waals surface area contributed by atoms with Crippen molar-refractivity contribution in [2.75, 3.05) is 7.11 Å². The van der Waals surface area contributed by atoms with Crippen LogP contribution in [0.4, 0.5) is 0 Å². The lowest BCUT2D eigenvalue weighted by Crippen LogP contribution is -2.30. The smallest absolute Gasteiger partial charge is 0.330 e. The number of fused-ring (bicyclic) bond motifs is 1. The van der Waals surface area contributed by atoms with E-state index in [0.29, 0.717) is 23.5 Å². The van der Waals surface area contributed by atoms with E-state index in [0.717, 1.165) is 6.42 Å². The molecule has 0 aliphatic carbocycles. The van der Waals surface area contributed by atoms with Gasteiger partial charge < -0.3 is 9.72 Å². The normalized spacial score (nSPS) is 11.2. The quantitative estimate of drug-likeness (QED) is 0.782. The van der Waals surface area contributed by atoms with E-state index in [1.807, 2.05) is 6.92 Å². The molecule has 2 heterocycles. The molecule has 0 fully saturated rings. The fraction of sp³-hybridized carbons (Fsp3) is 0.500. The van der Waals surface area contributed by atoms with Gasteiger partial charge in [-0.05, 0) is 6.42 Å². The van der Waals surface area contributed by atoms with Gasteiger partial charge in [-0.1, -0.05) is 6.92 Å². The van der Waals surface area contributed by atoms with E-state index in [1.165, 1.54) is 11.7 Å². The number of H-pyrrole nitrogens is 2. The highest BCUT2D eigenvalue weighted by Gasteiger charge is 2.11. The number of methoxy groups -OCH3 is 1. The lowest BCUT2D eigenvalue weighted by molar-refractivity contribution is 0.179. The van der Waals surface area contributed by atoms with Crippen LogP contribution < -0.4 is 11.2 Å². The van der Waals surface area contributed by atoms with Crippen molar-refractivity contribution in [1.82, 2.24) is 19.5 Å². The van der Waals surface area contributed by atoms with Crippen LogP contribution in [0.25, 0.3) is 11.2 Å². The molecule has 0 unspecified atom stereocenters. The van der Waals surface area contributed by atoms with Gasteiger partial charge in [-0.15, -0.1) is 0 Å². The fourth-order valence-corrected chi connectivity index (χ4v) is 1.72. The molecule has 0 radical (unpaired) electrons. The van der Waals surface area contributed by atoms with Crippen molar-refractivity contribution in [1.29, 1.82) is 0 Å². The third-order valence-electron chi connectivity index (χ3n) is 2.41. The van der Waals surface area contributed by atoms with Crippen LogP contribution in [0.2, 0.25) is 0 Å². The largest absolute Gasteiger partial charge is 0.377 e. The molecule has 0 aliphatic heterocycles. The van der Waals surface area contributed by atoms with Crippen LogP contribution >= 0.6 is 0 Å². The summed E-state index contributed by atoms with van der Waals surface area (Å²) in [5, 5.41) is 0. The predicted octanol–water partition coefficient (Wildman–Crippen LogP) is -0.0307. The first-order valence-electron chi connectivity index (χ1n) is 5.38. The zero-order valence-corrected chi connectivity index (χ0v) is 9.74. The Hall–Kier alpha value is -1.89. The van der Waals surface area contributed by atoms with E-state index in [2.05, 4.69) is 15.0 Å². The zero-order valence-electron chi connectivity index (χ0n) is 9.74. The molecular formula is C10H14N4O3. The minimum atomic E-state index is -0.452. The van der Waals surface area contributed by atoms with Crippen LogP contribution in [-0.4, -0.2) is 26.6 Å². The highest BCUT2D eigenvalue weighted by Crippen LogP contribution is 2.06. The molecule has 7 heteroatoms. The van der Waals surface area contributed by atoms with E-state index >= 15 is 0 Å². The molecule has 0 atom stereocenters. The van der Waals surface area contributed by atoms with E-state index < -0.39 is 11.2 Å². The standard InChI is InChI=1S/C10H14N4O3/c1-3-4-14-8-7(9(15)13-10(14)16)11-6(12-8)5-17-2/h3-5H2,1-2H3,(H,11,12)(H,13,15,16). The average molecular weight is 238 g/mol. The number of hydrogen-bond acceptors (Lipinski definition) is 4. The molecule has 0 saturated heterocycles. The Bertz CT molecular complexity index is 637. The molecule has 2 aromatic rings. The van der Waals surface area contributed by atoms with E-state index in [9.17, 15) is 9.59 Å². The van der Waals surface area contributed by atoms with Crippen LogP contribution in [0.3, 0.4) is 0 Å². The third kappa shape index (κ3) is 2.01. The van der Waals surface area contributed by atoms with E-state index in [-0.39, 0.29) is 6.61 Å². The minimum absolute atomic E-state index is 0.272. The van der Waals surface area contributed by atoms with Crippen molar-refractivity contribution in [3.05, 3.63) is 26.7 Å². The van der Waals surface area contributed by atoms with Crippen LogP contribution in [0.15, 0.2) is 9.59 Å². The van der Waals surface area contributed by atoms with Gasteiger partial charge in [-0.25, -0.2) is 9.78 Å². The second-order valence-electron chi connectivity index (χ2n) is 3.73. The number of aryl methyl sites for hydroxylation is 1. The Balaban J connectivity index is 2.71. The van der Waals surface area contributed by atoms with Gasteiger partial charge in [0.15, 0.2) is 5.65 Å². The number of nitrogens with one attached hydrogen (secondary N) is 2. The highest BCUT2D eigenvalue weighted by atomic mass is 16.5. The number of nitrogens with zero attached hydrogens (tertiary/aromatic N) is 2. The Labute approximate surface area is 96.5 Å². The maximum absolute atomic E-state index is 11.6. The van der Waals surface area contributed by atoms with Crippen molar-refractivity contribution in [3.8, 4) is 0 Å². The highest BCUT2D eigenvalue weighted by molar-refractivity contribution is 5.69. The Morgan fingerprint density at radius 3 is 2.76 bits per heavy atom. The number of aromatic nitrogens is 4. The lowest BCUT2D eigenvalue weighted by atomic mass is 10.4. The number of rotatable bonds is 4. The Morgan fingerprint density at radius 2 is 2.12 bits per heavy atom. The molecule has 7 nitrogen and oxygen atoms in total. The second-order valence-corrected chi connectivity index (χ2v) is 3.73. The topological polar surface area (TPSA) is 92.8 Å². The molecule has 0 spiro atoms. The maximum Gasteiger partial charge on any atom is 0.330 e. The van der Waals surface area contributed by atoms with Crippen LogP contribution in [-0.2, 0) is 17.9 Å². The molecule has 0 aromatic carbocycles.